The van der Waals surface area contributed by atoms with Crippen LogP contribution in [-0.2, 0) is 6.42 Å². The zero-order valence-corrected chi connectivity index (χ0v) is 12.0. The second kappa shape index (κ2) is 6.38. The van der Waals surface area contributed by atoms with E-state index in [4.69, 9.17) is 4.74 Å². The minimum Gasteiger partial charge on any atom is -0.494 e. The molecule has 1 heterocycles. The van der Waals surface area contributed by atoms with Gasteiger partial charge in [0.25, 0.3) is 0 Å². The summed E-state index contributed by atoms with van der Waals surface area (Å²) in [5.41, 5.74) is 0.805. The highest BCUT2D eigenvalue weighted by Gasteiger charge is 2.30. The van der Waals surface area contributed by atoms with Crippen LogP contribution in [0.2, 0.25) is 0 Å². The van der Waals surface area contributed by atoms with Crippen molar-refractivity contribution in [2.24, 2.45) is 0 Å². The van der Waals surface area contributed by atoms with Gasteiger partial charge >= 0.3 is 0 Å². The van der Waals surface area contributed by atoms with E-state index in [1.165, 1.54) is 26.4 Å². The highest BCUT2D eigenvalue weighted by Crippen LogP contribution is 2.29. The molecule has 0 amide bonds. The van der Waals surface area contributed by atoms with Crippen molar-refractivity contribution in [2.45, 2.75) is 51.0 Å². The minimum atomic E-state index is -0.205. The lowest BCUT2D eigenvalue weighted by atomic mass is 9.84. The molecule has 0 radical (unpaired) electrons. The van der Waals surface area contributed by atoms with Crippen LogP contribution in [0.5, 0.6) is 5.75 Å². The van der Waals surface area contributed by atoms with Crippen LogP contribution in [-0.4, -0.2) is 19.2 Å². The van der Waals surface area contributed by atoms with Gasteiger partial charge in [-0.1, -0.05) is 31.9 Å². The molecule has 1 aliphatic rings. The van der Waals surface area contributed by atoms with Crippen LogP contribution in [0.25, 0.3) is 0 Å². The van der Waals surface area contributed by atoms with Crippen LogP contribution in [0.4, 0.5) is 4.39 Å². The van der Waals surface area contributed by atoms with E-state index in [2.05, 4.69) is 12.2 Å². The predicted octanol–water partition coefficient (Wildman–Crippen LogP) is 3.69. The molecular weight excluding hydrogens is 241 g/mol. The molecular formula is C16H24FNO. The minimum absolute atomic E-state index is 0.0453. The molecule has 3 heteroatoms. The van der Waals surface area contributed by atoms with E-state index in [0.717, 1.165) is 31.4 Å². The molecule has 0 spiro atoms. The Kier molecular flexibility index (Phi) is 4.81. The third-order valence-corrected chi connectivity index (χ3v) is 4.30. The first-order chi connectivity index (χ1) is 9.21. The van der Waals surface area contributed by atoms with Crippen LogP contribution in [0, 0.1) is 5.82 Å². The summed E-state index contributed by atoms with van der Waals surface area (Å²) >= 11 is 0. The molecule has 1 N–H and O–H groups in total. The van der Waals surface area contributed by atoms with E-state index in [0.29, 0.717) is 5.75 Å². The fraction of sp³-hybridized carbons (Fsp3) is 0.625. The van der Waals surface area contributed by atoms with Crippen molar-refractivity contribution >= 4 is 0 Å². The highest BCUT2D eigenvalue weighted by molar-refractivity contribution is 5.32. The zero-order valence-electron chi connectivity index (χ0n) is 12.0. The number of nitrogens with one attached hydrogen (secondary N) is 1. The van der Waals surface area contributed by atoms with Crippen molar-refractivity contribution in [3.05, 3.63) is 29.6 Å². The molecule has 106 valence electrons. The predicted molar refractivity (Wildman–Crippen MR) is 76.1 cm³/mol. The fourth-order valence-electron chi connectivity index (χ4n) is 3.00. The van der Waals surface area contributed by atoms with Gasteiger partial charge in [0.2, 0.25) is 0 Å². The molecule has 1 aromatic rings. The lowest BCUT2D eigenvalue weighted by Crippen LogP contribution is -2.46. The molecule has 0 bridgehead atoms. The average molecular weight is 265 g/mol. The maximum atomic E-state index is 14.3. The van der Waals surface area contributed by atoms with Gasteiger partial charge in [-0.05, 0) is 43.9 Å². The fourth-order valence-corrected chi connectivity index (χ4v) is 3.00. The van der Waals surface area contributed by atoms with E-state index < -0.39 is 0 Å². The Balaban J connectivity index is 2.22. The average Bonchev–Trinajstić information content (AvgIpc) is 2.67. The van der Waals surface area contributed by atoms with Crippen molar-refractivity contribution in [2.75, 3.05) is 13.7 Å². The summed E-state index contributed by atoms with van der Waals surface area (Å²) in [7, 11) is 1.52. The van der Waals surface area contributed by atoms with Crippen LogP contribution < -0.4 is 10.1 Å². The molecule has 1 unspecified atom stereocenters. The Morgan fingerprint density at radius 2 is 2.16 bits per heavy atom. The van der Waals surface area contributed by atoms with Crippen LogP contribution in [0.15, 0.2) is 18.2 Å². The van der Waals surface area contributed by atoms with Crippen molar-refractivity contribution in [1.82, 2.24) is 5.32 Å². The van der Waals surface area contributed by atoms with Gasteiger partial charge < -0.3 is 10.1 Å². The first kappa shape index (κ1) is 14.3. The summed E-state index contributed by atoms with van der Waals surface area (Å²) in [4.78, 5) is 0. The van der Waals surface area contributed by atoms with E-state index in [9.17, 15) is 4.39 Å². The van der Waals surface area contributed by atoms with Gasteiger partial charge in [-0.3, -0.25) is 0 Å². The molecule has 1 fully saturated rings. The van der Waals surface area contributed by atoms with E-state index >= 15 is 0 Å². The number of ether oxygens (including phenoxy) is 1. The normalized spacial score (nSPS) is 23.9. The number of hydrogen-bond acceptors (Lipinski definition) is 2. The quantitative estimate of drug-likeness (QED) is 0.896. The van der Waals surface area contributed by atoms with Gasteiger partial charge in [-0.15, -0.1) is 0 Å². The number of benzene rings is 1. The molecule has 0 aromatic heterocycles. The van der Waals surface area contributed by atoms with E-state index in [1.807, 2.05) is 12.1 Å². The van der Waals surface area contributed by atoms with Gasteiger partial charge in [0, 0.05) is 5.54 Å². The zero-order chi connectivity index (χ0) is 13.7. The van der Waals surface area contributed by atoms with Crippen LogP contribution >= 0.6 is 0 Å². The maximum absolute atomic E-state index is 14.3. The molecule has 1 atom stereocenters. The Morgan fingerprint density at radius 1 is 1.32 bits per heavy atom. The van der Waals surface area contributed by atoms with Crippen molar-refractivity contribution in [3.8, 4) is 5.75 Å². The van der Waals surface area contributed by atoms with Gasteiger partial charge in [0.05, 0.1) is 7.11 Å². The van der Waals surface area contributed by atoms with Gasteiger partial charge in [0.15, 0.2) is 11.6 Å². The van der Waals surface area contributed by atoms with Gasteiger partial charge in [-0.25, -0.2) is 4.39 Å². The lowest BCUT2D eigenvalue weighted by molar-refractivity contribution is 0.296. The Bertz CT molecular complexity index is 411. The standard InChI is InChI=1S/C16H24FNO/c1-3-16(10-5-4-6-11-18-16)12-13-8-7-9-14(19-2)15(13)17/h7-9,18H,3-6,10-12H2,1-2H3. The second-order valence-electron chi connectivity index (χ2n) is 5.48. The van der Waals surface area contributed by atoms with Crippen molar-refractivity contribution in [3.63, 3.8) is 0 Å². The molecule has 0 saturated carbocycles. The van der Waals surface area contributed by atoms with Gasteiger partial charge in [0.1, 0.15) is 0 Å². The maximum Gasteiger partial charge on any atom is 0.168 e. The largest absolute Gasteiger partial charge is 0.494 e. The summed E-state index contributed by atoms with van der Waals surface area (Å²) in [6.07, 6.45) is 6.63. The third-order valence-electron chi connectivity index (χ3n) is 4.30. The summed E-state index contributed by atoms with van der Waals surface area (Å²) in [5.74, 6) is 0.140. The Morgan fingerprint density at radius 3 is 2.89 bits per heavy atom. The topological polar surface area (TPSA) is 21.3 Å². The smallest absolute Gasteiger partial charge is 0.168 e. The van der Waals surface area contributed by atoms with Crippen molar-refractivity contribution in [1.29, 1.82) is 0 Å². The number of halogens is 1. The first-order valence-electron chi connectivity index (χ1n) is 7.27. The number of methoxy groups -OCH3 is 1. The summed E-state index contributed by atoms with van der Waals surface area (Å²) < 4.78 is 19.4. The summed E-state index contributed by atoms with van der Waals surface area (Å²) in [6, 6.07) is 5.43. The first-order valence-corrected chi connectivity index (χ1v) is 7.27. The number of hydrogen-bond donors (Lipinski definition) is 1. The lowest BCUT2D eigenvalue weighted by Gasteiger charge is -2.33. The summed E-state index contributed by atoms with van der Waals surface area (Å²) in [5, 5.41) is 3.65. The third kappa shape index (κ3) is 3.27. The molecule has 1 aromatic carbocycles. The van der Waals surface area contributed by atoms with E-state index in [-0.39, 0.29) is 11.4 Å². The molecule has 2 rings (SSSR count). The van der Waals surface area contributed by atoms with Crippen LogP contribution in [0.3, 0.4) is 0 Å². The SMILES string of the molecule is CCC1(Cc2cccc(OC)c2F)CCCCCN1. The molecule has 2 nitrogen and oxygen atoms in total. The van der Waals surface area contributed by atoms with E-state index in [1.54, 1.807) is 6.07 Å². The van der Waals surface area contributed by atoms with Gasteiger partial charge in [-0.2, -0.15) is 0 Å². The molecule has 0 aliphatic carbocycles. The molecule has 19 heavy (non-hydrogen) atoms. The van der Waals surface area contributed by atoms with Crippen LogP contribution in [0.1, 0.15) is 44.6 Å². The Labute approximate surface area is 115 Å². The van der Waals surface area contributed by atoms with Crippen molar-refractivity contribution < 1.29 is 9.13 Å². The Hall–Kier alpha value is -1.09. The molecule has 1 saturated heterocycles. The monoisotopic (exact) mass is 265 g/mol. The summed E-state index contributed by atoms with van der Waals surface area (Å²) in [6.45, 7) is 3.23. The highest BCUT2D eigenvalue weighted by atomic mass is 19.1. The number of rotatable bonds is 4. The second-order valence-corrected chi connectivity index (χ2v) is 5.48. The molecule has 1 aliphatic heterocycles.